The number of benzene rings is 4. The molecule has 4 aromatic carbocycles. The van der Waals surface area contributed by atoms with E-state index in [0.717, 1.165) is 22.3 Å². The Balaban J connectivity index is 1.01. The van der Waals surface area contributed by atoms with Crippen LogP contribution in [0.15, 0.2) is 91.0 Å². The fourth-order valence-electron chi connectivity index (χ4n) is 8.06. The summed E-state index contributed by atoms with van der Waals surface area (Å²) in [5, 5.41) is 0. The van der Waals surface area contributed by atoms with Crippen LogP contribution >= 0.6 is 0 Å². The van der Waals surface area contributed by atoms with Gasteiger partial charge in [-0.05, 0) is 84.1 Å². The summed E-state index contributed by atoms with van der Waals surface area (Å²) in [5.74, 6) is -1.95. The van der Waals surface area contributed by atoms with Gasteiger partial charge in [0.1, 0.15) is 11.5 Å². The molecule has 0 spiro atoms. The van der Waals surface area contributed by atoms with Crippen molar-refractivity contribution in [1.82, 2.24) is 0 Å². The number of aryl methyl sites for hydroxylation is 1. The van der Waals surface area contributed by atoms with Gasteiger partial charge in [-0.25, -0.2) is 4.90 Å². The van der Waals surface area contributed by atoms with Crippen LogP contribution in [0.3, 0.4) is 0 Å². The van der Waals surface area contributed by atoms with Crippen LogP contribution in [-0.4, -0.2) is 36.8 Å². The molecule has 9 rings (SSSR count). The van der Waals surface area contributed by atoms with E-state index in [-0.39, 0.29) is 42.5 Å². The quantitative estimate of drug-likeness (QED) is 0.157. The number of ether oxygens (including phenoxy) is 2. The van der Waals surface area contributed by atoms with Crippen LogP contribution in [0.1, 0.15) is 53.0 Å². The average molecular weight is 613 g/mol. The Morgan fingerprint density at radius 1 is 0.761 bits per heavy atom. The smallest absolute Gasteiger partial charge is 0.316 e. The maximum absolute atomic E-state index is 14.2. The third-order valence-electron chi connectivity index (χ3n) is 9.99. The summed E-state index contributed by atoms with van der Waals surface area (Å²) in [6.45, 7) is 4.48. The van der Waals surface area contributed by atoms with E-state index in [0.29, 0.717) is 35.0 Å². The molecule has 2 bridgehead atoms. The second-order valence-electron chi connectivity index (χ2n) is 12.5. The van der Waals surface area contributed by atoms with Crippen LogP contribution < -0.4 is 19.3 Å². The van der Waals surface area contributed by atoms with Crippen molar-refractivity contribution in [3.05, 3.63) is 119 Å². The number of nitrogens with zero attached hydrogens (tertiary/aromatic N) is 2. The lowest BCUT2D eigenvalue weighted by molar-refractivity contribution is -0.139. The molecule has 2 aliphatic heterocycles. The number of anilines is 2. The normalized spacial score (nSPS) is 24.1. The molecule has 3 aliphatic carbocycles. The number of esters is 1. The first-order valence-corrected chi connectivity index (χ1v) is 15.8. The van der Waals surface area contributed by atoms with Crippen molar-refractivity contribution < 1.29 is 28.7 Å². The van der Waals surface area contributed by atoms with Gasteiger partial charge >= 0.3 is 5.97 Å². The molecule has 2 heterocycles. The Morgan fingerprint density at radius 2 is 1.30 bits per heavy atom. The number of imide groups is 1. The minimum atomic E-state index is -0.623. The largest absolute Gasteiger partial charge is 0.494 e. The number of carbonyl (C=O) groups is 4. The molecule has 230 valence electrons. The number of carbonyl (C=O) groups excluding carboxylic acids is 4. The maximum Gasteiger partial charge on any atom is 0.316 e. The predicted octanol–water partition coefficient (Wildman–Crippen LogP) is 5.75. The summed E-state index contributed by atoms with van der Waals surface area (Å²) in [5.41, 5.74) is 6.34. The van der Waals surface area contributed by atoms with Crippen LogP contribution in [-0.2, 0) is 19.2 Å². The van der Waals surface area contributed by atoms with E-state index < -0.39 is 23.7 Å². The SMILES string of the molecule is CCOc1ccc(N2C[C@H](C(=O)Oc3ccc(N4C(=O)[C@H]5C6c7ccccc7C(c7ccccc76)[C@@H]5C4=O)c(C)c3)CC2=O)cc1. The predicted molar refractivity (Wildman–Crippen MR) is 171 cm³/mol. The molecule has 0 saturated carbocycles. The molecule has 2 saturated heterocycles. The van der Waals surface area contributed by atoms with Crippen LogP contribution in [0.4, 0.5) is 11.4 Å². The molecule has 0 radical (unpaired) electrons. The molecular formula is C38H32N2O6. The standard InChI is InChI=1S/C38H32N2O6/c1-3-45-24-14-12-23(13-15-24)39-20-22(19-31(39)41)38(44)46-25-16-17-30(21(2)18-25)40-36(42)34-32-26-8-4-5-9-27(26)33(35(34)37(40)43)29-11-7-6-10-28(29)32/h4-18,22,32-35H,3,19-20H2,1-2H3/t22-,32?,33?,34+,35+/m1/s1. The van der Waals surface area contributed by atoms with Gasteiger partial charge < -0.3 is 14.4 Å². The Bertz CT molecular complexity index is 1820. The minimum Gasteiger partial charge on any atom is -0.494 e. The monoisotopic (exact) mass is 612 g/mol. The highest BCUT2D eigenvalue weighted by molar-refractivity contribution is 6.23. The highest BCUT2D eigenvalue weighted by Crippen LogP contribution is 2.61. The number of amides is 3. The second kappa shape index (κ2) is 10.7. The zero-order valence-electron chi connectivity index (χ0n) is 25.5. The van der Waals surface area contributed by atoms with Crippen molar-refractivity contribution in [3.8, 4) is 11.5 Å². The number of rotatable bonds is 6. The molecule has 2 fully saturated rings. The van der Waals surface area contributed by atoms with E-state index in [1.807, 2.05) is 31.2 Å². The molecule has 3 atom stereocenters. The van der Waals surface area contributed by atoms with Crippen molar-refractivity contribution >= 4 is 35.1 Å². The first-order chi connectivity index (χ1) is 22.4. The summed E-state index contributed by atoms with van der Waals surface area (Å²) in [6, 6.07) is 28.5. The molecular weight excluding hydrogens is 580 g/mol. The first-order valence-electron chi connectivity index (χ1n) is 15.8. The molecule has 46 heavy (non-hydrogen) atoms. The number of hydrogen-bond acceptors (Lipinski definition) is 6. The van der Waals surface area contributed by atoms with Crippen LogP contribution in [0.5, 0.6) is 11.5 Å². The highest BCUT2D eigenvalue weighted by Gasteiger charge is 2.61. The average Bonchev–Trinajstić information content (AvgIpc) is 3.58. The molecule has 0 unspecified atom stereocenters. The van der Waals surface area contributed by atoms with Crippen molar-refractivity contribution in [2.24, 2.45) is 17.8 Å². The second-order valence-corrected chi connectivity index (χ2v) is 12.5. The molecule has 0 N–H and O–H groups in total. The van der Waals surface area contributed by atoms with E-state index in [1.165, 1.54) is 4.90 Å². The summed E-state index contributed by atoms with van der Waals surface area (Å²) < 4.78 is 11.2. The van der Waals surface area contributed by atoms with Gasteiger partial charge in [0.25, 0.3) is 0 Å². The molecule has 4 aromatic rings. The van der Waals surface area contributed by atoms with Gasteiger partial charge in [0.15, 0.2) is 0 Å². The van der Waals surface area contributed by atoms with E-state index in [2.05, 4.69) is 24.3 Å². The van der Waals surface area contributed by atoms with Crippen LogP contribution in [0, 0.1) is 24.7 Å². The van der Waals surface area contributed by atoms with Gasteiger partial charge in [-0.1, -0.05) is 48.5 Å². The lowest BCUT2D eigenvalue weighted by Crippen LogP contribution is -2.41. The van der Waals surface area contributed by atoms with E-state index >= 15 is 0 Å². The van der Waals surface area contributed by atoms with Gasteiger partial charge in [-0.3, -0.25) is 19.2 Å². The van der Waals surface area contributed by atoms with Gasteiger partial charge in [-0.15, -0.1) is 0 Å². The summed E-state index contributed by atoms with van der Waals surface area (Å²) in [4.78, 5) is 57.2. The van der Waals surface area contributed by atoms with E-state index in [9.17, 15) is 19.2 Å². The number of hydrogen-bond donors (Lipinski definition) is 0. The van der Waals surface area contributed by atoms with E-state index in [1.54, 1.807) is 54.3 Å². The topological polar surface area (TPSA) is 93.2 Å². The Kier molecular flexibility index (Phi) is 6.56. The van der Waals surface area contributed by atoms with Gasteiger partial charge in [-0.2, -0.15) is 0 Å². The van der Waals surface area contributed by atoms with Crippen molar-refractivity contribution in [1.29, 1.82) is 0 Å². The molecule has 5 aliphatic rings. The van der Waals surface area contributed by atoms with Gasteiger partial charge in [0, 0.05) is 30.5 Å². The lowest BCUT2D eigenvalue weighted by atomic mass is 9.55. The summed E-state index contributed by atoms with van der Waals surface area (Å²) in [7, 11) is 0. The Labute approximate surface area is 266 Å². The molecule has 8 nitrogen and oxygen atoms in total. The third kappa shape index (κ3) is 4.20. The first kappa shape index (κ1) is 28.2. The van der Waals surface area contributed by atoms with Crippen molar-refractivity contribution in [2.45, 2.75) is 32.1 Å². The van der Waals surface area contributed by atoms with E-state index in [4.69, 9.17) is 9.47 Å². The fraction of sp³-hybridized carbons (Fsp3) is 0.263. The third-order valence-corrected chi connectivity index (χ3v) is 9.99. The lowest BCUT2D eigenvalue weighted by Gasteiger charge is -2.45. The summed E-state index contributed by atoms with van der Waals surface area (Å²) in [6.07, 6.45) is 0.0514. The Hall–Kier alpha value is -5.24. The molecule has 3 amide bonds. The van der Waals surface area contributed by atoms with Gasteiger partial charge in [0.05, 0.1) is 30.0 Å². The van der Waals surface area contributed by atoms with Gasteiger partial charge in [0.2, 0.25) is 17.7 Å². The van der Waals surface area contributed by atoms with Crippen LogP contribution in [0.25, 0.3) is 0 Å². The fourth-order valence-corrected chi connectivity index (χ4v) is 8.06. The zero-order valence-corrected chi connectivity index (χ0v) is 25.5. The molecule has 8 heteroatoms. The molecule has 0 aromatic heterocycles. The van der Waals surface area contributed by atoms with Crippen molar-refractivity contribution in [2.75, 3.05) is 23.0 Å². The minimum absolute atomic E-state index is 0.0514. The van der Waals surface area contributed by atoms with Crippen LogP contribution in [0.2, 0.25) is 0 Å². The maximum atomic E-state index is 14.2. The Morgan fingerprint density at radius 3 is 1.83 bits per heavy atom. The zero-order chi connectivity index (χ0) is 31.7. The highest BCUT2D eigenvalue weighted by atomic mass is 16.5. The summed E-state index contributed by atoms with van der Waals surface area (Å²) >= 11 is 0. The van der Waals surface area contributed by atoms with Crippen molar-refractivity contribution in [3.63, 3.8) is 0 Å².